The van der Waals surface area contributed by atoms with Gasteiger partial charge in [0.1, 0.15) is 17.4 Å². The lowest BCUT2D eigenvalue weighted by atomic mass is 10.2. The fourth-order valence-electron chi connectivity index (χ4n) is 3.26. The molecule has 5 rings (SSSR count). The fraction of sp³-hybridized carbons (Fsp3) is 0.0476. The van der Waals surface area contributed by atoms with Crippen molar-refractivity contribution in [1.82, 2.24) is 24.1 Å². The number of benzene rings is 1. The summed E-state index contributed by atoms with van der Waals surface area (Å²) >= 11 is 1.59. The highest BCUT2D eigenvalue weighted by molar-refractivity contribution is 7.98. The van der Waals surface area contributed by atoms with Crippen molar-refractivity contribution in [3.63, 3.8) is 0 Å². The van der Waals surface area contributed by atoms with E-state index < -0.39 is 0 Å². The molecule has 0 unspecified atom stereocenters. The van der Waals surface area contributed by atoms with Gasteiger partial charge in [0.15, 0.2) is 5.65 Å². The standard InChI is InChI=1S/C21H14N6S/c22-10-17-15(12-26-9-5-4-8-19(17)26)13-28-21-18-11-25-27(20(18)23-14-24-21)16-6-2-1-3-7-16/h1-9,11-12,14H,13H2. The number of thioether (sulfide) groups is 1. The summed E-state index contributed by atoms with van der Waals surface area (Å²) in [6.45, 7) is 0. The topological polar surface area (TPSA) is 71.8 Å². The van der Waals surface area contributed by atoms with Crippen LogP contribution in [-0.2, 0) is 5.75 Å². The van der Waals surface area contributed by atoms with Gasteiger partial charge in [0.2, 0.25) is 0 Å². The molecular formula is C21H14N6S. The van der Waals surface area contributed by atoms with Crippen LogP contribution in [0.15, 0.2) is 78.5 Å². The predicted octanol–water partition coefficient (Wildman–Crippen LogP) is 4.23. The Kier molecular flexibility index (Phi) is 4.04. The highest BCUT2D eigenvalue weighted by Crippen LogP contribution is 2.30. The summed E-state index contributed by atoms with van der Waals surface area (Å²) in [6.07, 6.45) is 7.32. The third kappa shape index (κ3) is 2.71. The van der Waals surface area contributed by atoms with Crippen molar-refractivity contribution >= 4 is 28.3 Å². The Morgan fingerprint density at radius 3 is 2.75 bits per heavy atom. The average molecular weight is 382 g/mol. The van der Waals surface area contributed by atoms with Crippen LogP contribution in [0.4, 0.5) is 0 Å². The van der Waals surface area contributed by atoms with Gasteiger partial charge in [-0.15, -0.1) is 11.8 Å². The first-order valence-electron chi connectivity index (χ1n) is 8.71. The molecule has 0 saturated carbocycles. The van der Waals surface area contributed by atoms with E-state index in [9.17, 15) is 5.26 Å². The molecule has 4 aromatic heterocycles. The van der Waals surface area contributed by atoms with Crippen molar-refractivity contribution < 1.29 is 0 Å². The summed E-state index contributed by atoms with van der Waals surface area (Å²) in [7, 11) is 0. The van der Waals surface area contributed by atoms with E-state index in [1.54, 1.807) is 24.3 Å². The number of para-hydroxylation sites is 1. The molecule has 0 N–H and O–H groups in total. The molecule has 0 saturated heterocycles. The third-order valence-corrected chi connectivity index (χ3v) is 5.62. The molecule has 6 nitrogen and oxygen atoms in total. The minimum Gasteiger partial charge on any atom is -0.322 e. The van der Waals surface area contributed by atoms with Gasteiger partial charge in [-0.05, 0) is 29.8 Å². The SMILES string of the molecule is N#Cc1c(CSc2ncnc3c2cnn3-c2ccccc2)cn2ccccc12. The molecule has 0 aliphatic heterocycles. The second-order valence-corrected chi connectivity index (χ2v) is 7.20. The van der Waals surface area contributed by atoms with Gasteiger partial charge in [-0.2, -0.15) is 10.4 Å². The summed E-state index contributed by atoms with van der Waals surface area (Å²) in [6, 6.07) is 18.1. The maximum atomic E-state index is 9.59. The van der Waals surface area contributed by atoms with Gasteiger partial charge in [0.05, 0.1) is 28.4 Å². The first-order valence-corrected chi connectivity index (χ1v) is 9.69. The Morgan fingerprint density at radius 2 is 1.89 bits per heavy atom. The van der Waals surface area contributed by atoms with Crippen molar-refractivity contribution in [1.29, 1.82) is 5.26 Å². The van der Waals surface area contributed by atoms with E-state index in [0.717, 1.165) is 32.8 Å². The van der Waals surface area contributed by atoms with Gasteiger partial charge in [-0.25, -0.2) is 14.6 Å². The lowest BCUT2D eigenvalue weighted by Gasteiger charge is -2.04. The molecule has 0 atom stereocenters. The molecule has 0 fully saturated rings. The summed E-state index contributed by atoms with van der Waals surface area (Å²) < 4.78 is 3.80. The van der Waals surface area contributed by atoms with Gasteiger partial charge >= 0.3 is 0 Å². The van der Waals surface area contributed by atoms with E-state index in [2.05, 4.69) is 21.1 Å². The molecule has 0 aliphatic carbocycles. The summed E-state index contributed by atoms with van der Waals surface area (Å²) in [5.74, 6) is 0.646. The van der Waals surface area contributed by atoms with E-state index >= 15 is 0 Å². The number of nitriles is 1. The Balaban J connectivity index is 1.50. The number of aromatic nitrogens is 5. The van der Waals surface area contributed by atoms with Crippen molar-refractivity contribution in [3.8, 4) is 11.8 Å². The zero-order chi connectivity index (χ0) is 18.9. The fourth-order valence-corrected chi connectivity index (χ4v) is 4.19. The largest absolute Gasteiger partial charge is 0.322 e. The molecule has 0 aliphatic rings. The second kappa shape index (κ2) is 6.83. The number of pyridine rings is 1. The summed E-state index contributed by atoms with van der Waals surface area (Å²) in [5, 5.41) is 15.8. The first kappa shape index (κ1) is 16.5. The lowest BCUT2D eigenvalue weighted by molar-refractivity contribution is 0.893. The molecule has 28 heavy (non-hydrogen) atoms. The average Bonchev–Trinajstić information content (AvgIpc) is 3.34. The minimum absolute atomic E-state index is 0.646. The van der Waals surface area contributed by atoms with Crippen molar-refractivity contribution in [2.24, 2.45) is 0 Å². The van der Waals surface area contributed by atoms with Gasteiger partial charge in [0, 0.05) is 18.1 Å². The van der Waals surface area contributed by atoms with Crippen LogP contribution < -0.4 is 0 Å². The van der Waals surface area contributed by atoms with Crippen LogP contribution in [0, 0.1) is 11.3 Å². The summed E-state index contributed by atoms with van der Waals surface area (Å²) in [4.78, 5) is 8.87. The van der Waals surface area contributed by atoms with Gasteiger partial charge < -0.3 is 4.40 Å². The van der Waals surface area contributed by atoms with Crippen molar-refractivity contribution in [2.45, 2.75) is 10.8 Å². The van der Waals surface area contributed by atoms with Gasteiger partial charge in [-0.3, -0.25) is 0 Å². The third-order valence-electron chi connectivity index (χ3n) is 4.57. The number of nitrogens with zero attached hydrogens (tertiary/aromatic N) is 6. The minimum atomic E-state index is 0.646. The maximum Gasteiger partial charge on any atom is 0.167 e. The Hall–Kier alpha value is -3.63. The molecule has 0 amide bonds. The predicted molar refractivity (Wildman–Crippen MR) is 108 cm³/mol. The smallest absolute Gasteiger partial charge is 0.167 e. The zero-order valence-corrected chi connectivity index (χ0v) is 15.5. The van der Waals surface area contributed by atoms with Crippen LogP contribution in [0.2, 0.25) is 0 Å². The highest BCUT2D eigenvalue weighted by atomic mass is 32.2. The number of hydrogen-bond donors (Lipinski definition) is 0. The molecule has 7 heteroatoms. The maximum absolute atomic E-state index is 9.59. The van der Waals surface area contributed by atoms with Gasteiger partial charge in [0.25, 0.3) is 0 Å². The summed E-state index contributed by atoms with van der Waals surface area (Å²) in [5.41, 5.74) is 4.34. The van der Waals surface area contributed by atoms with E-state index in [4.69, 9.17) is 0 Å². The molecule has 0 radical (unpaired) electrons. The lowest BCUT2D eigenvalue weighted by Crippen LogP contribution is -1.97. The van der Waals surface area contributed by atoms with Crippen LogP contribution in [-0.4, -0.2) is 24.1 Å². The molecule has 0 spiro atoms. The first-order chi connectivity index (χ1) is 13.8. The number of fused-ring (bicyclic) bond motifs is 2. The quantitative estimate of drug-likeness (QED) is 0.343. The molecule has 0 bridgehead atoms. The van der Waals surface area contributed by atoms with E-state index in [1.807, 2.05) is 70.0 Å². The van der Waals surface area contributed by atoms with Crippen LogP contribution in [0.5, 0.6) is 0 Å². The zero-order valence-electron chi connectivity index (χ0n) is 14.7. The number of rotatable bonds is 4. The molecule has 5 aromatic rings. The highest BCUT2D eigenvalue weighted by Gasteiger charge is 2.14. The monoisotopic (exact) mass is 382 g/mol. The normalized spacial score (nSPS) is 11.1. The van der Waals surface area contributed by atoms with Crippen LogP contribution in [0.1, 0.15) is 11.1 Å². The number of hydrogen-bond acceptors (Lipinski definition) is 5. The second-order valence-electron chi connectivity index (χ2n) is 6.23. The van der Waals surface area contributed by atoms with Gasteiger partial charge in [-0.1, -0.05) is 24.3 Å². The van der Waals surface area contributed by atoms with Crippen LogP contribution >= 0.6 is 11.8 Å². The molecule has 1 aromatic carbocycles. The van der Waals surface area contributed by atoms with Crippen LogP contribution in [0.25, 0.3) is 22.2 Å². The molecule has 134 valence electrons. The van der Waals surface area contributed by atoms with E-state index in [-0.39, 0.29) is 0 Å². The molecular weight excluding hydrogens is 368 g/mol. The Bertz CT molecular complexity index is 1330. The molecule has 4 heterocycles. The van der Waals surface area contributed by atoms with E-state index in [1.165, 1.54) is 0 Å². The van der Waals surface area contributed by atoms with Crippen molar-refractivity contribution in [3.05, 3.63) is 84.6 Å². The Labute approximate surface area is 165 Å². The van der Waals surface area contributed by atoms with E-state index in [0.29, 0.717) is 11.3 Å². The Morgan fingerprint density at radius 1 is 1.04 bits per heavy atom. The van der Waals surface area contributed by atoms with Crippen LogP contribution in [0.3, 0.4) is 0 Å². The van der Waals surface area contributed by atoms with Crippen molar-refractivity contribution in [2.75, 3.05) is 0 Å².